The first-order valence-electron chi connectivity index (χ1n) is 12.1. The van der Waals surface area contributed by atoms with Crippen molar-refractivity contribution in [2.45, 2.75) is 25.4 Å². The number of rotatable bonds is 6. The summed E-state index contributed by atoms with van der Waals surface area (Å²) in [4.78, 5) is 20.2. The monoisotopic (exact) mass is 439 g/mol. The smallest absolute Gasteiger partial charge is 0.253 e. The van der Waals surface area contributed by atoms with Crippen molar-refractivity contribution < 1.29 is 4.79 Å². The summed E-state index contributed by atoms with van der Waals surface area (Å²) >= 11 is 0. The summed E-state index contributed by atoms with van der Waals surface area (Å²) in [7, 11) is 0. The van der Waals surface area contributed by atoms with Crippen molar-refractivity contribution in [1.29, 1.82) is 0 Å². The minimum Gasteiger partial charge on any atom is -0.336 e. The Morgan fingerprint density at radius 1 is 0.788 bits per heavy atom. The molecule has 0 saturated carbocycles. The van der Waals surface area contributed by atoms with Crippen molar-refractivity contribution in [3.05, 3.63) is 107 Å². The highest BCUT2D eigenvalue weighted by Gasteiger charge is 2.36. The number of benzene rings is 3. The van der Waals surface area contributed by atoms with Gasteiger partial charge in [-0.2, -0.15) is 0 Å². The lowest BCUT2D eigenvalue weighted by Crippen LogP contribution is -2.63. The normalized spacial score (nSPS) is 18.6. The summed E-state index contributed by atoms with van der Waals surface area (Å²) in [6, 6.07) is 30.5. The number of piperazine rings is 1. The third-order valence-corrected chi connectivity index (χ3v) is 7.29. The zero-order valence-corrected chi connectivity index (χ0v) is 19.4. The minimum atomic E-state index is 0.161. The molecular weight excluding hydrogens is 406 g/mol. The molecule has 0 spiro atoms. The van der Waals surface area contributed by atoms with E-state index in [1.54, 1.807) is 0 Å². The highest BCUT2D eigenvalue weighted by molar-refractivity contribution is 5.94. The summed E-state index contributed by atoms with van der Waals surface area (Å²) < 4.78 is 0. The van der Waals surface area contributed by atoms with Crippen LogP contribution in [-0.4, -0.2) is 65.9 Å². The Hall–Kier alpha value is -2.95. The number of likely N-dealkylation sites (tertiary alicyclic amines) is 1. The van der Waals surface area contributed by atoms with Crippen LogP contribution in [0.25, 0.3) is 0 Å². The van der Waals surface area contributed by atoms with Crippen molar-refractivity contribution in [2.24, 2.45) is 0 Å². The average Bonchev–Trinajstić information content (AvgIpc) is 2.85. The first-order chi connectivity index (χ1) is 16.2. The van der Waals surface area contributed by atoms with Crippen LogP contribution in [0, 0.1) is 0 Å². The van der Waals surface area contributed by atoms with Gasteiger partial charge in [0, 0.05) is 56.9 Å². The molecule has 3 aromatic carbocycles. The van der Waals surface area contributed by atoms with Gasteiger partial charge in [-0.15, -0.1) is 0 Å². The molecule has 5 rings (SSSR count). The van der Waals surface area contributed by atoms with Gasteiger partial charge in [0.25, 0.3) is 5.91 Å². The third-order valence-electron chi connectivity index (χ3n) is 7.29. The van der Waals surface area contributed by atoms with Gasteiger partial charge in [0.05, 0.1) is 0 Å². The van der Waals surface area contributed by atoms with Crippen molar-refractivity contribution >= 4 is 5.91 Å². The number of amides is 1. The van der Waals surface area contributed by atoms with E-state index in [1.807, 2.05) is 23.1 Å². The average molecular weight is 440 g/mol. The quantitative estimate of drug-likeness (QED) is 0.567. The van der Waals surface area contributed by atoms with E-state index in [0.717, 1.165) is 51.3 Å². The summed E-state index contributed by atoms with van der Waals surface area (Å²) in [6.07, 6.45) is 0.898. The molecule has 3 aromatic rings. The highest BCUT2D eigenvalue weighted by Crippen LogP contribution is 2.28. The van der Waals surface area contributed by atoms with Gasteiger partial charge in [-0.05, 0) is 42.2 Å². The predicted molar refractivity (Wildman–Crippen MR) is 133 cm³/mol. The molecule has 0 aliphatic carbocycles. The molecule has 2 heterocycles. The number of hydrogen-bond donors (Lipinski definition) is 0. The van der Waals surface area contributed by atoms with Crippen LogP contribution in [0.4, 0.5) is 0 Å². The molecule has 2 fully saturated rings. The van der Waals surface area contributed by atoms with Crippen LogP contribution < -0.4 is 0 Å². The maximum atomic E-state index is 13.0. The predicted octanol–water partition coefficient (Wildman–Crippen LogP) is 4.48. The van der Waals surface area contributed by atoms with Crippen molar-refractivity contribution in [3.63, 3.8) is 0 Å². The number of carbonyl (C=O) groups is 1. The van der Waals surface area contributed by atoms with Crippen LogP contribution in [-0.2, 0) is 6.42 Å². The first kappa shape index (κ1) is 21.9. The molecule has 33 heavy (non-hydrogen) atoms. The van der Waals surface area contributed by atoms with E-state index >= 15 is 0 Å². The molecule has 0 aromatic heterocycles. The molecule has 0 bridgehead atoms. The molecule has 0 N–H and O–H groups in total. The van der Waals surface area contributed by atoms with Gasteiger partial charge in [0.15, 0.2) is 0 Å². The number of hydrogen-bond acceptors (Lipinski definition) is 3. The first-order valence-corrected chi connectivity index (χ1v) is 12.1. The van der Waals surface area contributed by atoms with Gasteiger partial charge >= 0.3 is 0 Å². The molecule has 1 atom stereocenters. The molecule has 4 heteroatoms. The summed E-state index contributed by atoms with van der Waals surface area (Å²) in [6.45, 7) is 8.10. The van der Waals surface area contributed by atoms with E-state index in [9.17, 15) is 4.79 Å². The molecule has 4 nitrogen and oxygen atoms in total. The number of carbonyl (C=O) groups excluding carboxylic acids is 1. The fourth-order valence-corrected chi connectivity index (χ4v) is 5.05. The van der Waals surface area contributed by atoms with Crippen molar-refractivity contribution in [2.75, 3.05) is 39.3 Å². The topological polar surface area (TPSA) is 26.8 Å². The number of nitrogens with zero attached hydrogens (tertiary/aromatic N) is 3. The highest BCUT2D eigenvalue weighted by atomic mass is 16.2. The lowest BCUT2D eigenvalue weighted by molar-refractivity contribution is -0.0114. The van der Waals surface area contributed by atoms with Crippen LogP contribution >= 0.6 is 0 Å². The van der Waals surface area contributed by atoms with Crippen LogP contribution in [0.3, 0.4) is 0 Å². The van der Waals surface area contributed by atoms with E-state index in [4.69, 9.17) is 0 Å². The summed E-state index contributed by atoms with van der Waals surface area (Å²) in [5.41, 5.74) is 4.72. The van der Waals surface area contributed by atoms with Crippen molar-refractivity contribution in [1.82, 2.24) is 14.7 Å². The van der Waals surface area contributed by atoms with Gasteiger partial charge in [-0.1, -0.05) is 72.8 Å². The summed E-state index contributed by atoms with van der Waals surface area (Å²) in [5, 5.41) is 0. The molecule has 2 aliphatic rings. The second-order valence-corrected chi connectivity index (χ2v) is 9.38. The second kappa shape index (κ2) is 9.90. The van der Waals surface area contributed by atoms with E-state index in [-0.39, 0.29) is 5.91 Å². The molecule has 1 unspecified atom stereocenters. The minimum absolute atomic E-state index is 0.161. The van der Waals surface area contributed by atoms with E-state index < -0.39 is 0 Å². The van der Waals surface area contributed by atoms with Crippen LogP contribution in [0.2, 0.25) is 0 Å². The molecule has 2 saturated heterocycles. The Bertz CT molecular complexity index is 1040. The Balaban J connectivity index is 1.09. The van der Waals surface area contributed by atoms with E-state index in [1.165, 1.54) is 16.7 Å². The lowest BCUT2D eigenvalue weighted by atomic mass is 9.99. The largest absolute Gasteiger partial charge is 0.336 e. The molecule has 0 radical (unpaired) electrons. The van der Waals surface area contributed by atoms with Gasteiger partial charge in [-0.3, -0.25) is 14.6 Å². The maximum Gasteiger partial charge on any atom is 0.253 e. The lowest BCUT2D eigenvalue weighted by Gasteiger charge is -2.50. The van der Waals surface area contributed by atoms with E-state index in [2.05, 4.69) is 83.5 Å². The van der Waals surface area contributed by atoms with Crippen LogP contribution in [0.15, 0.2) is 84.9 Å². The summed E-state index contributed by atoms with van der Waals surface area (Å²) in [5.74, 6) is 0.161. The fraction of sp³-hybridized carbons (Fsp3) is 0.345. The zero-order valence-electron chi connectivity index (χ0n) is 19.4. The van der Waals surface area contributed by atoms with Crippen molar-refractivity contribution in [3.8, 4) is 0 Å². The van der Waals surface area contributed by atoms with Crippen LogP contribution in [0.1, 0.15) is 40.0 Å². The standard InChI is InChI=1S/C29H33N3O/c1-23(26-10-6-3-7-11-26)32-21-28(22-32)30-16-18-31(19-17-30)29(33)27-14-12-25(13-15-27)20-24-8-4-2-5-9-24/h2-15,23,28H,16-22H2,1H3. The SMILES string of the molecule is CC(c1ccccc1)N1CC(N2CCN(C(=O)c3ccc(Cc4ccccc4)cc3)CC2)C1. The maximum absolute atomic E-state index is 13.0. The molecular formula is C29H33N3O. The van der Waals surface area contributed by atoms with E-state index in [0.29, 0.717) is 12.1 Å². The molecule has 1 amide bonds. The Morgan fingerprint density at radius 3 is 2.00 bits per heavy atom. The van der Waals surface area contributed by atoms with Gasteiger partial charge in [-0.25, -0.2) is 0 Å². The van der Waals surface area contributed by atoms with Crippen LogP contribution in [0.5, 0.6) is 0 Å². The van der Waals surface area contributed by atoms with Gasteiger partial charge < -0.3 is 4.90 Å². The third kappa shape index (κ3) is 5.02. The van der Waals surface area contributed by atoms with Gasteiger partial charge in [0.2, 0.25) is 0 Å². The molecule has 170 valence electrons. The second-order valence-electron chi connectivity index (χ2n) is 9.38. The Morgan fingerprint density at radius 2 is 1.36 bits per heavy atom. The molecule has 2 aliphatic heterocycles. The Kier molecular flexibility index (Phi) is 6.56. The zero-order chi connectivity index (χ0) is 22.6. The van der Waals surface area contributed by atoms with Gasteiger partial charge in [0.1, 0.15) is 0 Å². The Labute approximate surface area is 197 Å². The fourth-order valence-electron chi connectivity index (χ4n) is 5.05.